The van der Waals surface area contributed by atoms with E-state index in [1.807, 2.05) is 20.8 Å². The molecule has 0 bridgehead atoms. The molecule has 0 aromatic carbocycles. The molecule has 0 spiro atoms. The second-order valence-corrected chi connectivity index (χ2v) is 5.06. The molecular formula is C9H14N2O2S. The van der Waals surface area contributed by atoms with Gasteiger partial charge in [-0.3, -0.25) is 10.3 Å². The lowest BCUT2D eigenvalue weighted by Gasteiger charge is -2.19. The Morgan fingerprint density at radius 3 is 2.71 bits per heavy atom. The van der Waals surface area contributed by atoms with E-state index in [1.165, 1.54) is 11.8 Å². The highest BCUT2D eigenvalue weighted by molar-refractivity contribution is 8.17. The van der Waals surface area contributed by atoms with Crippen molar-refractivity contribution in [3.8, 4) is 0 Å². The maximum Gasteiger partial charge on any atom is 0.413 e. The van der Waals surface area contributed by atoms with Gasteiger partial charge in [-0.15, -0.1) is 0 Å². The van der Waals surface area contributed by atoms with Gasteiger partial charge in [0.1, 0.15) is 5.60 Å². The van der Waals surface area contributed by atoms with Crippen LogP contribution in [0.5, 0.6) is 0 Å². The molecule has 5 heteroatoms. The van der Waals surface area contributed by atoms with Crippen LogP contribution in [0.3, 0.4) is 0 Å². The summed E-state index contributed by atoms with van der Waals surface area (Å²) >= 11 is 1.36. The van der Waals surface area contributed by atoms with Gasteiger partial charge in [-0.1, -0.05) is 18.3 Å². The minimum atomic E-state index is -0.481. The number of amidine groups is 1. The summed E-state index contributed by atoms with van der Waals surface area (Å²) in [4.78, 5) is 16.2. The van der Waals surface area contributed by atoms with Crippen molar-refractivity contribution in [2.45, 2.75) is 26.4 Å². The average Bonchev–Trinajstić information content (AvgIpc) is 2.30. The number of rotatable bonds is 0. The SMILES string of the molecule is C=C1CN=C(NC(=O)OC(C)(C)C)S1. The number of alkyl carbamates (subject to hydrolysis) is 1. The van der Waals surface area contributed by atoms with Gasteiger partial charge in [0.25, 0.3) is 0 Å². The van der Waals surface area contributed by atoms with Crippen molar-refractivity contribution in [1.29, 1.82) is 0 Å². The predicted octanol–water partition coefficient (Wildman–Crippen LogP) is 2.13. The van der Waals surface area contributed by atoms with Gasteiger partial charge in [0.05, 0.1) is 6.54 Å². The number of nitrogens with zero attached hydrogens (tertiary/aromatic N) is 1. The topological polar surface area (TPSA) is 50.7 Å². The van der Waals surface area contributed by atoms with E-state index >= 15 is 0 Å². The number of nitrogens with one attached hydrogen (secondary N) is 1. The van der Waals surface area contributed by atoms with Crippen molar-refractivity contribution in [3.05, 3.63) is 11.5 Å². The molecule has 0 unspecified atom stereocenters. The molecule has 1 amide bonds. The fourth-order valence-electron chi connectivity index (χ4n) is 0.817. The average molecular weight is 214 g/mol. The Morgan fingerprint density at radius 1 is 1.64 bits per heavy atom. The maximum atomic E-state index is 11.3. The van der Waals surface area contributed by atoms with Crippen LogP contribution in [0.2, 0.25) is 0 Å². The number of aliphatic imine (C=N–C) groups is 1. The van der Waals surface area contributed by atoms with Crippen LogP contribution >= 0.6 is 11.8 Å². The third-order valence-electron chi connectivity index (χ3n) is 1.25. The first-order valence-electron chi connectivity index (χ1n) is 4.27. The Hall–Kier alpha value is -0.970. The number of amides is 1. The molecule has 14 heavy (non-hydrogen) atoms. The maximum absolute atomic E-state index is 11.3. The van der Waals surface area contributed by atoms with Gasteiger partial charge < -0.3 is 4.74 Å². The first-order chi connectivity index (χ1) is 6.37. The van der Waals surface area contributed by atoms with E-state index in [4.69, 9.17) is 4.74 Å². The zero-order valence-electron chi connectivity index (χ0n) is 8.59. The van der Waals surface area contributed by atoms with Gasteiger partial charge in [-0.05, 0) is 20.8 Å². The molecule has 0 fully saturated rings. The summed E-state index contributed by atoms with van der Waals surface area (Å²) in [5.74, 6) is 0. The molecule has 4 nitrogen and oxygen atoms in total. The summed E-state index contributed by atoms with van der Waals surface area (Å²) in [6.45, 7) is 9.75. The number of hydrogen-bond donors (Lipinski definition) is 1. The third kappa shape index (κ3) is 3.83. The Kier molecular flexibility index (Phi) is 3.21. The van der Waals surface area contributed by atoms with Gasteiger partial charge in [0.15, 0.2) is 5.17 Å². The van der Waals surface area contributed by atoms with E-state index in [-0.39, 0.29) is 0 Å². The smallest absolute Gasteiger partial charge is 0.413 e. The molecular weight excluding hydrogens is 200 g/mol. The van der Waals surface area contributed by atoms with E-state index in [1.54, 1.807) is 0 Å². The largest absolute Gasteiger partial charge is 0.444 e. The highest BCUT2D eigenvalue weighted by Gasteiger charge is 2.19. The fraction of sp³-hybridized carbons (Fsp3) is 0.556. The van der Waals surface area contributed by atoms with Gasteiger partial charge in [-0.25, -0.2) is 4.79 Å². The Bertz CT molecular complexity index is 292. The molecule has 1 rings (SSSR count). The molecule has 0 atom stereocenters. The van der Waals surface area contributed by atoms with E-state index in [0.29, 0.717) is 11.7 Å². The Morgan fingerprint density at radius 2 is 2.29 bits per heavy atom. The Labute approximate surface area is 87.8 Å². The number of thioether (sulfide) groups is 1. The Balaban J connectivity index is 2.39. The zero-order chi connectivity index (χ0) is 10.8. The summed E-state index contributed by atoms with van der Waals surface area (Å²) in [7, 11) is 0. The lowest BCUT2D eigenvalue weighted by molar-refractivity contribution is 0.0564. The normalized spacial score (nSPS) is 16.5. The van der Waals surface area contributed by atoms with Crippen molar-refractivity contribution < 1.29 is 9.53 Å². The monoisotopic (exact) mass is 214 g/mol. The van der Waals surface area contributed by atoms with Crippen molar-refractivity contribution in [1.82, 2.24) is 5.32 Å². The van der Waals surface area contributed by atoms with Crippen molar-refractivity contribution in [3.63, 3.8) is 0 Å². The second-order valence-electron chi connectivity index (χ2n) is 3.89. The zero-order valence-corrected chi connectivity index (χ0v) is 9.40. The predicted molar refractivity (Wildman–Crippen MR) is 58.4 cm³/mol. The van der Waals surface area contributed by atoms with Crippen LogP contribution in [0.25, 0.3) is 0 Å². The summed E-state index contributed by atoms with van der Waals surface area (Å²) in [6.07, 6.45) is -0.474. The molecule has 1 aliphatic rings. The number of hydrogen-bond acceptors (Lipinski definition) is 4. The second kappa shape index (κ2) is 4.04. The van der Waals surface area contributed by atoms with E-state index in [0.717, 1.165) is 4.91 Å². The van der Waals surface area contributed by atoms with Crippen molar-refractivity contribution >= 4 is 23.0 Å². The molecule has 0 aliphatic carbocycles. The minimum absolute atomic E-state index is 0.474. The van der Waals surface area contributed by atoms with Crippen molar-refractivity contribution in [2.75, 3.05) is 6.54 Å². The lowest BCUT2D eigenvalue weighted by Crippen LogP contribution is -2.34. The van der Waals surface area contributed by atoms with E-state index in [2.05, 4.69) is 16.9 Å². The van der Waals surface area contributed by atoms with Gasteiger partial charge in [-0.2, -0.15) is 0 Å². The van der Waals surface area contributed by atoms with Crippen LogP contribution in [-0.2, 0) is 4.74 Å². The lowest BCUT2D eigenvalue weighted by atomic mass is 10.2. The molecule has 1 N–H and O–H groups in total. The highest BCUT2D eigenvalue weighted by atomic mass is 32.2. The molecule has 0 saturated carbocycles. The summed E-state index contributed by atoms with van der Waals surface area (Å²) in [6, 6.07) is 0. The number of carbonyl (C=O) groups is 1. The molecule has 0 saturated heterocycles. The van der Waals surface area contributed by atoms with Crippen LogP contribution in [0.4, 0.5) is 4.79 Å². The molecule has 0 aromatic heterocycles. The standard InChI is InChI=1S/C9H14N2O2S/c1-6-5-10-7(14-6)11-8(12)13-9(2,3)4/h1,5H2,2-4H3,(H,10,11,12). The molecule has 1 heterocycles. The van der Waals surface area contributed by atoms with Gasteiger partial charge >= 0.3 is 6.09 Å². The molecule has 1 aliphatic heterocycles. The van der Waals surface area contributed by atoms with Gasteiger partial charge in [0, 0.05) is 4.91 Å². The van der Waals surface area contributed by atoms with Gasteiger partial charge in [0.2, 0.25) is 0 Å². The summed E-state index contributed by atoms with van der Waals surface area (Å²) in [5.41, 5.74) is -0.481. The molecule has 0 aromatic rings. The first kappa shape index (κ1) is 11.1. The quantitative estimate of drug-likeness (QED) is 0.672. The van der Waals surface area contributed by atoms with Crippen LogP contribution in [0, 0.1) is 0 Å². The first-order valence-corrected chi connectivity index (χ1v) is 5.08. The minimum Gasteiger partial charge on any atom is -0.444 e. The molecule has 78 valence electrons. The van der Waals surface area contributed by atoms with Crippen molar-refractivity contribution in [2.24, 2.45) is 4.99 Å². The van der Waals surface area contributed by atoms with Crippen LogP contribution in [0.15, 0.2) is 16.5 Å². The molecule has 0 radical (unpaired) electrons. The van der Waals surface area contributed by atoms with E-state index < -0.39 is 11.7 Å². The van der Waals surface area contributed by atoms with Crippen LogP contribution in [0.1, 0.15) is 20.8 Å². The third-order valence-corrected chi connectivity index (χ3v) is 2.09. The summed E-state index contributed by atoms with van der Waals surface area (Å²) in [5, 5.41) is 3.12. The summed E-state index contributed by atoms with van der Waals surface area (Å²) < 4.78 is 5.06. The number of ether oxygens (including phenoxy) is 1. The highest BCUT2D eigenvalue weighted by Crippen LogP contribution is 2.21. The van der Waals surface area contributed by atoms with Crippen LogP contribution < -0.4 is 5.32 Å². The number of carbonyl (C=O) groups excluding carboxylic acids is 1. The van der Waals surface area contributed by atoms with Crippen LogP contribution in [-0.4, -0.2) is 23.4 Å². The fourth-order valence-corrected chi connectivity index (χ4v) is 1.48. The van der Waals surface area contributed by atoms with E-state index in [9.17, 15) is 4.79 Å².